The van der Waals surface area contributed by atoms with E-state index in [2.05, 4.69) is 4.74 Å². The van der Waals surface area contributed by atoms with E-state index in [9.17, 15) is 14.0 Å². The van der Waals surface area contributed by atoms with E-state index in [1.54, 1.807) is 32.2 Å². The maximum absolute atomic E-state index is 12.7. The van der Waals surface area contributed by atoms with Gasteiger partial charge in [-0.25, -0.2) is 4.79 Å². The number of carbonyl (C=O) groups is 2. The molecule has 0 N–H and O–H groups in total. The molecule has 1 amide bonds. The third-order valence-electron chi connectivity index (χ3n) is 3.74. The Morgan fingerprint density at radius 1 is 1.47 bits per heavy atom. The van der Waals surface area contributed by atoms with Gasteiger partial charge in [-0.1, -0.05) is 0 Å². The molecular weight excluding hydrogens is 249 g/mol. The standard InChI is InChI=1S/C14H16FNO3/c1-14(6-7-15)10-8-9(12(17)19-3)4-5-11(10)16(2)13(14)18/h4-5,8H,6-7H2,1-3H3. The van der Waals surface area contributed by atoms with E-state index in [1.165, 1.54) is 12.0 Å². The molecule has 1 aromatic carbocycles. The second kappa shape index (κ2) is 4.64. The van der Waals surface area contributed by atoms with E-state index in [0.29, 0.717) is 16.8 Å². The molecule has 19 heavy (non-hydrogen) atoms. The van der Waals surface area contributed by atoms with Crippen LogP contribution in [0, 0.1) is 0 Å². The van der Waals surface area contributed by atoms with E-state index in [1.807, 2.05) is 0 Å². The number of anilines is 1. The summed E-state index contributed by atoms with van der Waals surface area (Å²) < 4.78 is 17.4. The Morgan fingerprint density at radius 3 is 2.74 bits per heavy atom. The minimum absolute atomic E-state index is 0.105. The van der Waals surface area contributed by atoms with Gasteiger partial charge in [0.15, 0.2) is 0 Å². The Kier molecular flexibility index (Phi) is 3.30. The molecule has 0 bridgehead atoms. The number of methoxy groups -OCH3 is 1. The molecule has 1 aromatic rings. The van der Waals surface area contributed by atoms with Crippen LogP contribution in [0.15, 0.2) is 18.2 Å². The molecule has 0 spiro atoms. The predicted molar refractivity (Wildman–Crippen MR) is 69.1 cm³/mol. The highest BCUT2D eigenvalue weighted by Crippen LogP contribution is 2.43. The number of rotatable bonds is 3. The topological polar surface area (TPSA) is 46.6 Å². The molecule has 0 saturated carbocycles. The molecule has 0 aliphatic carbocycles. The van der Waals surface area contributed by atoms with E-state index in [-0.39, 0.29) is 12.3 Å². The van der Waals surface area contributed by atoms with Gasteiger partial charge < -0.3 is 9.64 Å². The SMILES string of the molecule is COC(=O)c1ccc2c(c1)C(C)(CCF)C(=O)N2C. The van der Waals surface area contributed by atoms with Gasteiger partial charge >= 0.3 is 5.97 Å². The summed E-state index contributed by atoms with van der Waals surface area (Å²) in [6, 6.07) is 4.93. The zero-order valence-electron chi connectivity index (χ0n) is 11.2. The first-order chi connectivity index (χ1) is 8.95. The maximum atomic E-state index is 12.7. The summed E-state index contributed by atoms with van der Waals surface area (Å²) in [5.41, 5.74) is 0.853. The highest BCUT2D eigenvalue weighted by atomic mass is 19.1. The van der Waals surface area contributed by atoms with E-state index in [0.717, 1.165) is 0 Å². The Balaban J connectivity index is 2.56. The summed E-state index contributed by atoms with van der Waals surface area (Å²) in [6.45, 7) is 1.12. The number of esters is 1. The molecule has 4 nitrogen and oxygen atoms in total. The molecule has 1 unspecified atom stereocenters. The van der Waals surface area contributed by atoms with E-state index in [4.69, 9.17) is 0 Å². The molecule has 0 radical (unpaired) electrons. The van der Waals surface area contributed by atoms with Gasteiger partial charge in [0.1, 0.15) is 0 Å². The van der Waals surface area contributed by atoms with Crippen LogP contribution < -0.4 is 4.90 Å². The van der Waals surface area contributed by atoms with Crippen molar-refractivity contribution in [1.29, 1.82) is 0 Å². The fourth-order valence-corrected chi connectivity index (χ4v) is 2.54. The van der Waals surface area contributed by atoms with Crippen LogP contribution in [0.4, 0.5) is 10.1 Å². The highest BCUT2D eigenvalue weighted by molar-refractivity contribution is 6.08. The van der Waals surface area contributed by atoms with Crippen molar-refractivity contribution in [2.75, 3.05) is 25.7 Å². The lowest BCUT2D eigenvalue weighted by Gasteiger charge is -2.21. The summed E-state index contributed by atoms with van der Waals surface area (Å²) in [4.78, 5) is 25.3. The van der Waals surface area contributed by atoms with Crippen molar-refractivity contribution in [3.63, 3.8) is 0 Å². The van der Waals surface area contributed by atoms with Crippen LogP contribution >= 0.6 is 0 Å². The average Bonchev–Trinajstić information content (AvgIpc) is 2.60. The Morgan fingerprint density at radius 2 is 2.16 bits per heavy atom. The first-order valence-electron chi connectivity index (χ1n) is 6.02. The lowest BCUT2D eigenvalue weighted by Crippen LogP contribution is -2.36. The third kappa shape index (κ3) is 1.89. The number of likely N-dealkylation sites (N-methyl/N-ethyl adjacent to an activating group) is 1. The number of halogens is 1. The van der Waals surface area contributed by atoms with Crippen LogP contribution in [0.5, 0.6) is 0 Å². The Labute approximate surface area is 111 Å². The first kappa shape index (κ1) is 13.5. The smallest absolute Gasteiger partial charge is 0.337 e. The van der Waals surface area contributed by atoms with Gasteiger partial charge in [-0.05, 0) is 37.1 Å². The second-order valence-electron chi connectivity index (χ2n) is 4.86. The van der Waals surface area contributed by atoms with E-state index < -0.39 is 18.1 Å². The zero-order valence-corrected chi connectivity index (χ0v) is 11.2. The van der Waals surface area contributed by atoms with Gasteiger partial charge in [-0.3, -0.25) is 9.18 Å². The molecule has 2 rings (SSSR count). The molecule has 1 heterocycles. The molecule has 5 heteroatoms. The number of nitrogens with zero attached hydrogens (tertiary/aromatic N) is 1. The number of ether oxygens (including phenoxy) is 1. The van der Waals surface area contributed by atoms with Crippen LogP contribution in [0.2, 0.25) is 0 Å². The van der Waals surface area contributed by atoms with Crippen molar-refractivity contribution >= 4 is 17.6 Å². The summed E-state index contributed by atoms with van der Waals surface area (Å²) in [7, 11) is 2.95. The fraction of sp³-hybridized carbons (Fsp3) is 0.429. The van der Waals surface area contributed by atoms with Gasteiger partial charge in [-0.15, -0.1) is 0 Å². The van der Waals surface area contributed by atoms with Gasteiger partial charge in [0, 0.05) is 12.7 Å². The highest BCUT2D eigenvalue weighted by Gasteiger charge is 2.45. The number of amides is 1. The zero-order chi connectivity index (χ0) is 14.2. The van der Waals surface area contributed by atoms with Crippen LogP contribution in [-0.4, -0.2) is 32.7 Å². The number of hydrogen-bond donors (Lipinski definition) is 0. The molecule has 0 saturated heterocycles. The van der Waals surface area contributed by atoms with Crippen molar-refractivity contribution in [1.82, 2.24) is 0 Å². The average molecular weight is 265 g/mol. The van der Waals surface area contributed by atoms with Crippen molar-refractivity contribution in [3.05, 3.63) is 29.3 Å². The quantitative estimate of drug-likeness (QED) is 0.786. The molecule has 1 aliphatic rings. The number of hydrogen-bond acceptors (Lipinski definition) is 3. The van der Waals surface area contributed by atoms with Crippen LogP contribution in [-0.2, 0) is 14.9 Å². The summed E-state index contributed by atoms with van der Waals surface area (Å²) in [6.07, 6.45) is 0.105. The molecule has 1 aliphatic heterocycles. The molecule has 1 atom stereocenters. The Bertz CT molecular complexity index is 543. The lowest BCUT2D eigenvalue weighted by molar-refractivity contribution is -0.122. The Hall–Kier alpha value is -1.91. The van der Waals surface area contributed by atoms with Gasteiger partial charge in [0.05, 0.1) is 24.8 Å². The number of fused-ring (bicyclic) bond motifs is 1. The molecule has 0 aromatic heterocycles. The minimum atomic E-state index is -0.914. The summed E-state index contributed by atoms with van der Waals surface area (Å²) in [5, 5.41) is 0. The fourth-order valence-electron chi connectivity index (χ4n) is 2.54. The largest absolute Gasteiger partial charge is 0.465 e. The van der Waals surface area contributed by atoms with E-state index >= 15 is 0 Å². The summed E-state index contributed by atoms with van der Waals surface area (Å²) in [5.74, 6) is -0.616. The monoisotopic (exact) mass is 265 g/mol. The van der Waals surface area contributed by atoms with Crippen molar-refractivity contribution < 1.29 is 18.7 Å². The summed E-state index contributed by atoms with van der Waals surface area (Å²) >= 11 is 0. The minimum Gasteiger partial charge on any atom is -0.465 e. The van der Waals surface area contributed by atoms with Gasteiger partial charge in [0.25, 0.3) is 0 Å². The first-order valence-corrected chi connectivity index (χ1v) is 6.02. The molecule has 0 fully saturated rings. The predicted octanol–water partition coefficient (Wildman–Crippen LogP) is 2.07. The second-order valence-corrected chi connectivity index (χ2v) is 4.86. The lowest BCUT2D eigenvalue weighted by atomic mass is 9.80. The number of carbonyl (C=O) groups excluding carboxylic acids is 2. The third-order valence-corrected chi connectivity index (χ3v) is 3.74. The van der Waals surface area contributed by atoms with Crippen LogP contribution in [0.3, 0.4) is 0 Å². The van der Waals surface area contributed by atoms with Crippen LogP contribution in [0.1, 0.15) is 29.3 Å². The van der Waals surface area contributed by atoms with Crippen molar-refractivity contribution in [3.8, 4) is 0 Å². The number of benzene rings is 1. The van der Waals surface area contributed by atoms with Gasteiger partial charge in [-0.2, -0.15) is 0 Å². The van der Waals surface area contributed by atoms with Gasteiger partial charge in [0.2, 0.25) is 5.91 Å². The van der Waals surface area contributed by atoms with Crippen molar-refractivity contribution in [2.45, 2.75) is 18.8 Å². The normalized spacial score (nSPS) is 21.5. The maximum Gasteiger partial charge on any atom is 0.337 e. The number of alkyl halides is 1. The van der Waals surface area contributed by atoms with Crippen molar-refractivity contribution in [2.24, 2.45) is 0 Å². The van der Waals surface area contributed by atoms with Crippen LogP contribution in [0.25, 0.3) is 0 Å². The molecular formula is C14H16FNO3. The molecule has 102 valence electrons.